The van der Waals surface area contributed by atoms with Gasteiger partial charge in [-0.1, -0.05) is 6.07 Å². The molecule has 1 amide bonds. The summed E-state index contributed by atoms with van der Waals surface area (Å²) in [7, 11) is -3.68. The maximum Gasteiger partial charge on any atom is 0.262 e. The van der Waals surface area contributed by atoms with Gasteiger partial charge in [0.2, 0.25) is 5.91 Å². The predicted octanol–water partition coefficient (Wildman–Crippen LogP) is 1.05. The fraction of sp³-hybridized carbons (Fsp3) is 0.550. The molecule has 0 aliphatic carbocycles. The number of imidazole rings is 1. The largest absolute Gasteiger partial charge is 0.353 e. The lowest BCUT2D eigenvalue weighted by molar-refractivity contribution is -0.137. The maximum atomic E-state index is 13.1. The van der Waals surface area contributed by atoms with E-state index in [1.54, 1.807) is 17.0 Å². The van der Waals surface area contributed by atoms with E-state index in [1.807, 2.05) is 30.0 Å². The van der Waals surface area contributed by atoms with Gasteiger partial charge in [0.25, 0.3) is 10.0 Å². The van der Waals surface area contributed by atoms with E-state index in [0.29, 0.717) is 39.0 Å². The molecule has 2 aliphatic heterocycles. The van der Waals surface area contributed by atoms with Crippen molar-refractivity contribution >= 4 is 21.7 Å². The second-order valence-corrected chi connectivity index (χ2v) is 9.63. The van der Waals surface area contributed by atoms with Crippen molar-refractivity contribution in [2.24, 2.45) is 5.92 Å². The van der Waals surface area contributed by atoms with Crippen molar-refractivity contribution in [3.8, 4) is 0 Å². The first-order valence-corrected chi connectivity index (χ1v) is 11.9. The van der Waals surface area contributed by atoms with Crippen molar-refractivity contribution in [1.82, 2.24) is 23.7 Å². The molecule has 2 saturated heterocycles. The minimum atomic E-state index is -3.68. The summed E-state index contributed by atoms with van der Waals surface area (Å²) in [6.45, 7) is 5.95. The van der Waals surface area contributed by atoms with Crippen molar-refractivity contribution in [2.45, 2.75) is 31.3 Å². The van der Waals surface area contributed by atoms with E-state index in [4.69, 9.17) is 0 Å². The Morgan fingerprint density at radius 1 is 1.13 bits per heavy atom. The predicted molar refractivity (Wildman–Crippen MR) is 112 cm³/mol. The number of hydrogen-bond donors (Lipinski definition) is 0. The summed E-state index contributed by atoms with van der Waals surface area (Å²) in [4.78, 5) is 25.6. The lowest BCUT2D eigenvalue weighted by atomic mass is 9.98. The molecule has 2 aromatic heterocycles. The van der Waals surface area contributed by atoms with Gasteiger partial charge < -0.3 is 14.4 Å². The van der Waals surface area contributed by atoms with Gasteiger partial charge in [0.15, 0.2) is 5.03 Å². The molecular formula is C20H28N6O3S. The van der Waals surface area contributed by atoms with E-state index in [-0.39, 0.29) is 23.4 Å². The summed E-state index contributed by atoms with van der Waals surface area (Å²) in [5, 5.41) is 0.0569. The van der Waals surface area contributed by atoms with Crippen LogP contribution in [-0.2, 0) is 21.4 Å². The van der Waals surface area contributed by atoms with Crippen molar-refractivity contribution in [3.63, 3.8) is 0 Å². The Morgan fingerprint density at radius 2 is 1.93 bits per heavy atom. The molecule has 4 rings (SSSR count). The number of rotatable bonds is 5. The maximum absolute atomic E-state index is 13.1. The summed E-state index contributed by atoms with van der Waals surface area (Å²) >= 11 is 0. The molecule has 4 heterocycles. The third-order valence-corrected chi connectivity index (χ3v) is 7.63. The van der Waals surface area contributed by atoms with Gasteiger partial charge in [-0.2, -0.15) is 4.31 Å². The fourth-order valence-corrected chi connectivity index (χ4v) is 5.55. The van der Waals surface area contributed by atoms with Gasteiger partial charge in [-0.25, -0.2) is 18.4 Å². The van der Waals surface area contributed by atoms with Gasteiger partial charge in [-0.3, -0.25) is 4.79 Å². The summed E-state index contributed by atoms with van der Waals surface area (Å²) < 4.78 is 29.1. The third kappa shape index (κ3) is 4.20. The van der Waals surface area contributed by atoms with Crippen LogP contribution in [0.2, 0.25) is 0 Å². The SMILES string of the molecule is CCn1cnc(S(=O)(=O)N2CCC[C@@H](C(=O)N3CCN(c4ccccn4)CC3)C2)c1. The zero-order valence-corrected chi connectivity index (χ0v) is 18.0. The van der Waals surface area contributed by atoms with Crippen LogP contribution in [-0.4, -0.2) is 77.3 Å². The number of hydrogen-bond acceptors (Lipinski definition) is 6. The van der Waals surface area contributed by atoms with E-state index in [9.17, 15) is 13.2 Å². The molecular weight excluding hydrogens is 404 g/mol. The third-order valence-electron chi connectivity index (χ3n) is 5.88. The van der Waals surface area contributed by atoms with Gasteiger partial charge in [0, 0.05) is 58.2 Å². The number of piperidine rings is 1. The lowest BCUT2D eigenvalue weighted by Crippen LogP contribution is -2.53. The molecule has 0 N–H and O–H groups in total. The first kappa shape index (κ1) is 20.8. The number of aryl methyl sites for hydroxylation is 1. The zero-order valence-electron chi connectivity index (χ0n) is 17.2. The molecule has 0 spiro atoms. The van der Waals surface area contributed by atoms with Gasteiger partial charge in [0.1, 0.15) is 5.82 Å². The minimum Gasteiger partial charge on any atom is -0.353 e. The molecule has 30 heavy (non-hydrogen) atoms. The van der Waals surface area contributed by atoms with Crippen LogP contribution in [0.15, 0.2) is 41.9 Å². The average molecular weight is 433 g/mol. The number of piperazine rings is 1. The minimum absolute atomic E-state index is 0.0506. The summed E-state index contributed by atoms with van der Waals surface area (Å²) in [6, 6.07) is 5.82. The smallest absolute Gasteiger partial charge is 0.262 e. The van der Waals surface area contributed by atoms with Crippen LogP contribution < -0.4 is 4.90 Å². The highest BCUT2D eigenvalue weighted by Crippen LogP contribution is 2.25. The van der Waals surface area contributed by atoms with Gasteiger partial charge in [-0.15, -0.1) is 0 Å². The highest BCUT2D eigenvalue weighted by molar-refractivity contribution is 7.89. The van der Waals surface area contributed by atoms with E-state index in [1.165, 1.54) is 10.6 Å². The molecule has 0 bridgehead atoms. The molecule has 2 aromatic rings. The highest BCUT2D eigenvalue weighted by atomic mass is 32.2. The molecule has 0 saturated carbocycles. The average Bonchev–Trinajstić information content (AvgIpc) is 3.30. The van der Waals surface area contributed by atoms with Crippen LogP contribution in [0.5, 0.6) is 0 Å². The Labute approximate surface area is 177 Å². The number of carbonyl (C=O) groups is 1. The number of anilines is 1. The van der Waals surface area contributed by atoms with Crippen LogP contribution in [0, 0.1) is 5.92 Å². The lowest BCUT2D eigenvalue weighted by Gasteiger charge is -2.39. The van der Waals surface area contributed by atoms with Crippen LogP contribution in [0.4, 0.5) is 5.82 Å². The second kappa shape index (κ2) is 8.73. The number of amides is 1. The fourth-order valence-electron chi connectivity index (χ4n) is 4.10. The van der Waals surface area contributed by atoms with Crippen molar-refractivity contribution in [1.29, 1.82) is 0 Å². The Kier molecular flexibility index (Phi) is 6.05. The van der Waals surface area contributed by atoms with E-state index in [0.717, 1.165) is 18.9 Å². The molecule has 0 unspecified atom stereocenters. The van der Waals surface area contributed by atoms with Crippen molar-refractivity contribution in [3.05, 3.63) is 36.9 Å². The van der Waals surface area contributed by atoms with E-state index < -0.39 is 10.0 Å². The molecule has 1 atom stereocenters. The molecule has 0 aromatic carbocycles. The normalized spacial score (nSPS) is 21.0. The Hall–Kier alpha value is -2.46. The van der Waals surface area contributed by atoms with E-state index in [2.05, 4.69) is 14.9 Å². The number of sulfonamides is 1. The first-order valence-electron chi connectivity index (χ1n) is 10.5. The molecule has 0 radical (unpaired) electrons. The monoisotopic (exact) mass is 432 g/mol. The van der Waals surface area contributed by atoms with Gasteiger partial charge >= 0.3 is 0 Å². The molecule has 10 heteroatoms. The number of nitrogens with zero attached hydrogens (tertiary/aromatic N) is 6. The Morgan fingerprint density at radius 3 is 2.60 bits per heavy atom. The zero-order chi connectivity index (χ0) is 21.1. The number of pyridine rings is 1. The molecule has 9 nitrogen and oxygen atoms in total. The van der Waals surface area contributed by atoms with Crippen LogP contribution in [0.1, 0.15) is 19.8 Å². The van der Waals surface area contributed by atoms with Crippen LogP contribution in [0.3, 0.4) is 0 Å². The van der Waals surface area contributed by atoms with Crippen molar-refractivity contribution in [2.75, 3.05) is 44.2 Å². The summed E-state index contributed by atoms with van der Waals surface area (Å²) in [5.41, 5.74) is 0. The molecule has 162 valence electrons. The quantitative estimate of drug-likeness (QED) is 0.701. The Bertz CT molecular complexity index is 969. The summed E-state index contributed by atoms with van der Waals surface area (Å²) in [5.74, 6) is 0.670. The van der Waals surface area contributed by atoms with Crippen molar-refractivity contribution < 1.29 is 13.2 Å². The van der Waals surface area contributed by atoms with Crippen LogP contribution >= 0.6 is 0 Å². The summed E-state index contributed by atoms with van der Waals surface area (Å²) in [6.07, 6.45) is 6.25. The number of carbonyl (C=O) groups excluding carboxylic acids is 1. The number of aromatic nitrogens is 3. The van der Waals surface area contributed by atoms with Gasteiger partial charge in [-0.05, 0) is 31.9 Å². The standard InChI is InChI=1S/C20H28N6O3S/c1-2-23-15-19(22-16-23)30(28,29)26-9-5-6-17(14-26)20(27)25-12-10-24(11-13-25)18-7-3-4-8-21-18/h3-4,7-8,15-17H,2,5-6,9-14H2,1H3/t17-/m1/s1. The second-order valence-electron chi connectivity index (χ2n) is 7.74. The Balaban J connectivity index is 1.38. The van der Waals surface area contributed by atoms with Gasteiger partial charge in [0.05, 0.1) is 12.2 Å². The van der Waals surface area contributed by atoms with Crippen LogP contribution in [0.25, 0.3) is 0 Å². The van der Waals surface area contributed by atoms with E-state index >= 15 is 0 Å². The molecule has 2 aliphatic rings. The molecule has 2 fully saturated rings. The first-order chi connectivity index (χ1) is 14.5. The highest BCUT2D eigenvalue weighted by Gasteiger charge is 2.36. The topological polar surface area (TPSA) is 91.6 Å².